The Morgan fingerprint density at radius 2 is 2.00 bits per heavy atom. The van der Waals surface area contributed by atoms with Crippen molar-refractivity contribution < 1.29 is 19.0 Å². The molecule has 0 aliphatic carbocycles. The Morgan fingerprint density at radius 3 is 2.74 bits per heavy atom. The minimum absolute atomic E-state index is 0.287. The summed E-state index contributed by atoms with van der Waals surface area (Å²) in [7, 11) is 1.60. The van der Waals surface area contributed by atoms with Gasteiger partial charge in [0.1, 0.15) is 11.5 Å². The number of ether oxygens (including phenoxy) is 3. The Kier molecular flexibility index (Phi) is 6.02. The molecule has 0 radical (unpaired) electrons. The van der Waals surface area contributed by atoms with Crippen LogP contribution >= 0.6 is 11.6 Å². The highest BCUT2D eigenvalue weighted by atomic mass is 35.5. The number of benzene rings is 2. The average Bonchev–Trinajstić information content (AvgIpc) is 2.56. The molecule has 122 valence electrons. The van der Waals surface area contributed by atoms with Crippen molar-refractivity contribution in [3.63, 3.8) is 0 Å². The van der Waals surface area contributed by atoms with Crippen LogP contribution in [0.1, 0.15) is 18.1 Å². The molecule has 2 aromatic carbocycles. The molecule has 2 rings (SSSR count). The van der Waals surface area contributed by atoms with Crippen molar-refractivity contribution in [3.8, 4) is 11.5 Å². The van der Waals surface area contributed by atoms with Gasteiger partial charge < -0.3 is 14.2 Å². The second kappa shape index (κ2) is 7.99. The van der Waals surface area contributed by atoms with E-state index in [-0.39, 0.29) is 6.61 Å². The van der Waals surface area contributed by atoms with E-state index >= 15 is 0 Å². The fourth-order valence-corrected chi connectivity index (χ4v) is 2.09. The van der Waals surface area contributed by atoms with E-state index in [1.807, 2.05) is 37.3 Å². The van der Waals surface area contributed by atoms with Crippen LogP contribution < -0.4 is 9.47 Å². The van der Waals surface area contributed by atoms with Gasteiger partial charge in [-0.2, -0.15) is 0 Å². The molecule has 5 heteroatoms. The van der Waals surface area contributed by atoms with Crippen LogP contribution in [0.4, 0.5) is 0 Å². The molecule has 0 spiro atoms. The highest BCUT2D eigenvalue weighted by Crippen LogP contribution is 2.25. The Labute approximate surface area is 140 Å². The summed E-state index contributed by atoms with van der Waals surface area (Å²) in [6.07, 6.45) is -0.710. The van der Waals surface area contributed by atoms with Crippen LogP contribution in [0.25, 0.3) is 0 Å². The van der Waals surface area contributed by atoms with E-state index in [4.69, 9.17) is 25.8 Å². The van der Waals surface area contributed by atoms with Crippen LogP contribution in [0.2, 0.25) is 5.02 Å². The second-order valence-corrected chi connectivity index (χ2v) is 5.57. The third-order valence-corrected chi connectivity index (χ3v) is 3.58. The molecule has 0 saturated carbocycles. The highest BCUT2D eigenvalue weighted by molar-refractivity contribution is 6.32. The Bertz CT molecular complexity index is 684. The molecule has 1 unspecified atom stereocenters. The number of carbonyl (C=O) groups is 1. The Hall–Kier alpha value is -2.04. The lowest BCUT2D eigenvalue weighted by molar-refractivity contribution is -0.147. The lowest BCUT2D eigenvalue weighted by Crippen LogP contribution is -2.25. The molecule has 0 heterocycles. The molecule has 23 heavy (non-hydrogen) atoms. The third kappa shape index (κ3) is 4.98. The summed E-state index contributed by atoms with van der Waals surface area (Å²) in [6, 6.07) is 12.7. The van der Waals surface area contributed by atoms with Gasteiger partial charge in [-0.05, 0) is 49.2 Å². The summed E-state index contributed by atoms with van der Waals surface area (Å²) in [5.41, 5.74) is 1.87. The van der Waals surface area contributed by atoms with Crippen molar-refractivity contribution in [1.29, 1.82) is 0 Å². The van der Waals surface area contributed by atoms with E-state index in [1.54, 1.807) is 26.2 Å². The smallest absolute Gasteiger partial charge is 0.340 e. The van der Waals surface area contributed by atoms with Gasteiger partial charge in [-0.25, -0.2) is 4.79 Å². The molecule has 0 fully saturated rings. The van der Waals surface area contributed by atoms with Gasteiger partial charge in [0.15, 0.2) is 6.10 Å². The van der Waals surface area contributed by atoms with E-state index in [1.165, 1.54) is 0 Å². The van der Waals surface area contributed by atoms with Gasteiger partial charge in [0.25, 0.3) is 0 Å². The topological polar surface area (TPSA) is 44.8 Å². The molecule has 4 nitrogen and oxygen atoms in total. The molecule has 0 aliphatic rings. The van der Waals surface area contributed by atoms with E-state index in [0.717, 1.165) is 16.9 Å². The fourth-order valence-electron chi connectivity index (χ4n) is 1.93. The van der Waals surface area contributed by atoms with Crippen molar-refractivity contribution in [2.45, 2.75) is 26.6 Å². The van der Waals surface area contributed by atoms with Crippen molar-refractivity contribution >= 4 is 17.6 Å². The quantitative estimate of drug-likeness (QED) is 0.587. The first kappa shape index (κ1) is 17.3. The summed E-state index contributed by atoms with van der Waals surface area (Å²) in [4.78, 5) is 12.1. The van der Waals surface area contributed by atoms with Crippen LogP contribution in [0.5, 0.6) is 11.5 Å². The SMILES string of the molecule is COc1cccc(COC(C)C(=O)Oc2cc(C)ccc2Cl)c1. The maximum Gasteiger partial charge on any atom is 0.340 e. The predicted molar refractivity (Wildman–Crippen MR) is 89.1 cm³/mol. The van der Waals surface area contributed by atoms with Gasteiger partial charge >= 0.3 is 5.97 Å². The number of carbonyl (C=O) groups excluding carboxylic acids is 1. The summed E-state index contributed by atoms with van der Waals surface area (Å²) in [5, 5.41) is 0.393. The third-order valence-electron chi connectivity index (χ3n) is 3.26. The second-order valence-electron chi connectivity index (χ2n) is 5.16. The van der Waals surface area contributed by atoms with Crippen molar-refractivity contribution in [1.82, 2.24) is 0 Å². The molecule has 0 aromatic heterocycles. The lowest BCUT2D eigenvalue weighted by Gasteiger charge is -2.14. The standard InChI is InChI=1S/C18H19ClO4/c1-12-7-8-16(19)17(9-12)23-18(20)13(2)22-11-14-5-4-6-15(10-14)21-3/h4-10,13H,11H2,1-3H3. The van der Waals surface area contributed by atoms with E-state index in [0.29, 0.717) is 10.8 Å². The normalized spacial score (nSPS) is 11.8. The zero-order valence-corrected chi connectivity index (χ0v) is 14.1. The zero-order valence-electron chi connectivity index (χ0n) is 13.3. The average molecular weight is 335 g/mol. The largest absolute Gasteiger partial charge is 0.497 e. The van der Waals surface area contributed by atoms with Crippen molar-refractivity contribution in [3.05, 3.63) is 58.6 Å². The highest BCUT2D eigenvalue weighted by Gasteiger charge is 2.17. The number of hydrogen-bond donors (Lipinski definition) is 0. The van der Waals surface area contributed by atoms with E-state index < -0.39 is 12.1 Å². The van der Waals surface area contributed by atoms with E-state index in [9.17, 15) is 4.79 Å². The number of hydrogen-bond acceptors (Lipinski definition) is 4. The fraction of sp³-hybridized carbons (Fsp3) is 0.278. The summed E-state index contributed by atoms with van der Waals surface area (Å²) in [6.45, 7) is 3.83. The van der Waals surface area contributed by atoms with Gasteiger partial charge in [-0.1, -0.05) is 29.8 Å². The molecular formula is C18H19ClO4. The van der Waals surface area contributed by atoms with Gasteiger partial charge in [0.2, 0.25) is 0 Å². The maximum atomic E-state index is 12.1. The van der Waals surface area contributed by atoms with Gasteiger partial charge in [0, 0.05) is 0 Å². The number of esters is 1. The number of rotatable bonds is 6. The molecule has 0 N–H and O–H groups in total. The van der Waals surface area contributed by atoms with Crippen molar-refractivity contribution in [2.75, 3.05) is 7.11 Å². The Morgan fingerprint density at radius 1 is 1.22 bits per heavy atom. The Balaban J connectivity index is 1.93. The number of methoxy groups -OCH3 is 1. The molecule has 0 aliphatic heterocycles. The maximum absolute atomic E-state index is 12.1. The van der Waals surface area contributed by atoms with Crippen molar-refractivity contribution in [2.24, 2.45) is 0 Å². The number of aryl methyl sites for hydroxylation is 1. The van der Waals surface area contributed by atoms with E-state index in [2.05, 4.69) is 0 Å². The first-order valence-electron chi connectivity index (χ1n) is 7.22. The summed E-state index contributed by atoms with van der Waals surface area (Å²) in [5.74, 6) is 0.599. The van der Waals surface area contributed by atoms with Gasteiger partial charge in [-0.15, -0.1) is 0 Å². The first-order chi connectivity index (χ1) is 11.0. The predicted octanol–water partition coefficient (Wildman–Crippen LogP) is 4.17. The van der Waals surface area contributed by atoms with Crippen LogP contribution in [0.3, 0.4) is 0 Å². The van der Waals surface area contributed by atoms with Crippen LogP contribution in [0, 0.1) is 6.92 Å². The molecule has 2 aromatic rings. The number of halogens is 1. The van der Waals surface area contributed by atoms with Gasteiger partial charge in [-0.3, -0.25) is 0 Å². The molecule has 0 saturated heterocycles. The van der Waals surface area contributed by atoms with Crippen LogP contribution in [-0.4, -0.2) is 19.2 Å². The zero-order chi connectivity index (χ0) is 16.8. The van der Waals surface area contributed by atoms with Crippen LogP contribution in [0.15, 0.2) is 42.5 Å². The monoisotopic (exact) mass is 334 g/mol. The van der Waals surface area contributed by atoms with Gasteiger partial charge in [0.05, 0.1) is 18.7 Å². The minimum Gasteiger partial charge on any atom is -0.497 e. The van der Waals surface area contributed by atoms with Crippen LogP contribution in [-0.2, 0) is 16.1 Å². The molecule has 0 amide bonds. The first-order valence-corrected chi connectivity index (χ1v) is 7.60. The lowest BCUT2D eigenvalue weighted by atomic mass is 10.2. The molecular weight excluding hydrogens is 316 g/mol. The minimum atomic E-state index is -0.710. The summed E-state index contributed by atoms with van der Waals surface area (Å²) >= 11 is 6.02. The molecule has 1 atom stereocenters. The summed E-state index contributed by atoms with van der Waals surface area (Å²) < 4.78 is 16.0. The molecule has 0 bridgehead atoms.